The highest BCUT2D eigenvalue weighted by molar-refractivity contribution is 7.23. The smallest absolute Gasteiger partial charge is 0.206 e. The summed E-state index contributed by atoms with van der Waals surface area (Å²) in [4.78, 5) is 5.67. The average molecular weight is 298 g/mol. The minimum absolute atomic E-state index is 0.700. The molecular formula is C12H18N4OS2. The summed E-state index contributed by atoms with van der Waals surface area (Å²) in [7, 11) is 1.71. The molecule has 0 amide bonds. The predicted molar refractivity (Wildman–Crippen MR) is 80.1 cm³/mol. The van der Waals surface area contributed by atoms with Crippen molar-refractivity contribution in [3.05, 3.63) is 10.7 Å². The largest absolute Gasteiger partial charge is 0.384 e. The fraction of sp³-hybridized carbons (Fsp3) is 0.583. The molecule has 0 saturated heterocycles. The Kier molecular flexibility index (Phi) is 5.24. The summed E-state index contributed by atoms with van der Waals surface area (Å²) in [5.41, 5.74) is 1.02. The number of hydrogen-bond donors (Lipinski definition) is 1. The van der Waals surface area contributed by atoms with Gasteiger partial charge >= 0.3 is 0 Å². The van der Waals surface area contributed by atoms with Crippen LogP contribution in [-0.4, -0.2) is 35.4 Å². The molecule has 2 heterocycles. The lowest BCUT2D eigenvalue weighted by Gasteiger charge is -1.95. The standard InChI is InChI=1S/C12H18N4OS2/c1-4-6-13-12-16-15-11(19-12)10-8(2)14-9(18-10)5-7-17-3/h4-7H2,1-3H3,(H,13,16). The lowest BCUT2D eigenvalue weighted by atomic mass is 10.4. The predicted octanol–water partition coefficient (Wildman–Crippen LogP) is 2.98. The van der Waals surface area contributed by atoms with Gasteiger partial charge in [0.25, 0.3) is 0 Å². The van der Waals surface area contributed by atoms with E-state index in [1.807, 2.05) is 6.92 Å². The van der Waals surface area contributed by atoms with E-state index in [4.69, 9.17) is 4.74 Å². The maximum absolute atomic E-state index is 5.08. The van der Waals surface area contributed by atoms with Gasteiger partial charge in [0.05, 0.1) is 22.2 Å². The average Bonchev–Trinajstić information content (AvgIpc) is 3.00. The molecule has 7 heteroatoms. The molecule has 0 atom stereocenters. The zero-order valence-corrected chi connectivity index (χ0v) is 13.0. The molecule has 1 N–H and O–H groups in total. The number of hydrogen-bond acceptors (Lipinski definition) is 7. The van der Waals surface area contributed by atoms with Crippen LogP contribution in [-0.2, 0) is 11.2 Å². The molecule has 2 rings (SSSR count). The van der Waals surface area contributed by atoms with Gasteiger partial charge < -0.3 is 10.1 Å². The number of anilines is 1. The van der Waals surface area contributed by atoms with Crippen molar-refractivity contribution in [1.82, 2.24) is 15.2 Å². The van der Waals surface area contributed by atoms with Gasteiger partial charge in [0.15, 0.2) is 5.01 Å². The molecule has 0 radical (unpaired) electrons. The Hall–Kier alpha value is -1.05. The Labute approximate surface area is 121 Å². The minimum atomic E-state index is 0.700. The first-order valence-electron chi connectivity index (χ1n) is 6.27. The van der Waals surface area contributed by atoms with Gasteiger partial charge in [-0.25, -0.2) is 4.98 Å². The lowest BCUT2D eigenvalue weighted by Crippen LogP contribution is -1.98. The van der Waals surface area contributed by atoms with Crippen LogP contribution in [0.2, 0.25) is 0 Å². The first-order valence-corrected chi connectivity index (χ1v) is 7.91. The van der Waals surface area contributed by atoms with Crippen molar-refractivity contribution in [2.45, 2.75) is 26.7 Å². The summed E-state index contributed by atoms with van der Waals surface area (Å²) in [6.45, 7) is 5.77. The van der Waals surface area contributed by atoms with Crippen LogP contribution < -0.4 is 5.32 Å². The number of ether oxygens (including phenoxy) is 1. The summed E-state index contributed by atoms with van der Waals surface area (Å²) >= 11 is 3.26. The number of aromatic nitrogens is 3. The van der Waals surface area contributed by atoms with Gasteiger partial charge in [0, 0.05) is 20.1 Å². The SMILES string of the molecule is CCCNc1nnc(-c2sc(CCOC)nc2C)s1. The van der Waals surface area contributed by atoms with E-state index >= 15 is 0 Å². The van der Waals surface area contributed by atoms with Crippen molar-refractivity contribution in [3.63, 3.8) is 0 Å². The van der Waals surface area contributed by atoms with Crippen molar-refractivity contribution >= 4 is 27.8 Å². The molecule has 0 bridgehead atoms. The quantitative estimate of drug-likeness (QED) is 0.851. The van der Waals surface area contributed by atoms with Crippen molar-refractivity contribution < 1.29 is 4.74 Å². The number of nitrogens with one attached hydrogen (secondary N) is 1. The molecule has 0 aliphatic carbocycles. The van der Waals surface area contributed by atoms with Crippen molar-refractivity contribution in [1.29, 1.82) is 0 Å². The third-order valence-corrected chi connectivity index (χ3v) is 4.76. The van der Waals surface area contributed by atoms with Crippen LogP contribution in [0.25, 0.3) is 9.88 Å². The van der Waals surface area contributed by atoms with Crippen molar-refractivity contribution in [3.8, 4) is 9.88 Å². The Morgan fingerprint density at radius 3 is 2.84 bits per heavy atom. The maximum Gasteiger partial charge on any atom is 0.206 e. The van der Waals surface area contributed by atoms with Crippen LogP contribution in [0.5, 0.6) is 0 Å². The molecule has 0 fully saturated rings. The van der Waals surface area contributed by atoms with Crippen LogP contribution in [0.1, 0.15) is 24.0 Å². The van der Waals surface area contributed by atoms with E-state index in [0.29, 0.717) is 6.61 Å². The first-order chi connectivity index (χ1) is 9.24. The zero-order valence-electron chi connectivity index (χ0n) is 11.4. The molecule has 5 nitrogen and oxygen atoms in total. The molecule has 0 unspecified atom stereocenters. The monoisotopic (exact) mass is 298 g/mol. The topological polar surface area (TPSA) is 59.9 Å². The second-order valence-corrected chi connectivity index (χ2v) is 6.17. The third kappa shape index (κ3) is 3.71. The molecule has 104 valence electrons. The number of aryl methyl sites for hydroxylation is 1. The van der Waals surface area contributed by atoms with Gasteiger partial charge in [0.1, 0.15) is 0 Å². The van der Waals surface area contributed by atoms with Gasteiger partial charge in [-0.3, -0.25) is 0 Å². The van der Waals surface area contributed by atoms with Crippen LogP contribution >= 0.6 is 22.7 Å². The number of nitrogens with zero attached hydrogens (tertiary/aromatic N) is 3. The second kappa shape index (κ2) is 6.93. The van der Waals surface area contributed by atoms with Crippen LogP contribution in [0.15, 0.2) is 0 Å². The Morgan fingerprint density at radius 2 is 2.11 bits per heavy atom. The van der Waals surface area contributed by atoms with Gasteiger partial charge in [-0.15, -0.1) is 21.5 Å². The fourth-order valence-electron chi connectivity index (χ4n) is 1.57. The number of thiazole rings is 1. The van der Waals surface area contributed by atoms with E-state index in [1.54, 1.807) is 29.8 Å². The van der Waals surface area contributed by atoms with Crippen LogP contribution in [0.3, 0.4) is 0 Å². The molecule has 2 aromatic rings. The highest BCUT2D eigenvalue weighted by Crippen LogP contribution is 2.33. The molecule has 0 aliphatic rings. The molecular weight excluding hydrogens is 280 g/mol. The molecule has 0 aromatic carbocycles. The van der Waals surface area contributed by atoms with E-state index in [0.717, 1.165) is 45.1 Å². The molecule has 0 aliphatic heterocycles. The van der Waals surface area contributed by atoms with Gasteiger partial charge in [-0.2, -0.15) is 0 Å². The first kappa shape index (κ1) is 14.4. The van der Waals surface area contributed by atoms with Crippen molar-refractivity contribution in [2.75, 3.05) is 25.6 Å². The van der Waals surface area contributed by atoms with Gasteiger partial charge in [0.2, 0.25) is 5.13 Å². The summed E-state index contributed by atoms with van der Waals surface area (Å²) < 4.78 is 5.08. The molecule has 0 spiro atoms. The minimum Gasteiger partial charge on any atom is -0.384 e. The van der Waals surface area contributed by atoms with E-state index in [1.165, 1.54) is 0 Å². The summed E-state index contributed by atoms with van der Waals surface area (Å²) in [5.74, 6) is 0. The Bertz CT molecular complexity index is 524. The highest BCUT2D eigenvalue weighted by atomic mass is 32.1. The lowest BCUT2D eigenvalue weighted by molar-refractivity contribution is 0.202. The highest BCUT2D eigenvalue weighted by Gasteiger charge is 2.14. The van der Waals surface area contributed by atoms with Crippen LogP contribution in [0, 0.1) is 6.92 Å². The van der Waals surface area contributed by atoms with E-state index in [2.05, 4.69) is 27.4 Å². The fourth-order valence-corrected chi connectivity index (χ4v) is 3.50. The summed E-state index contributed by atoms with van der Waals surface area (Å²) in [6, 6.07) is 0. The van der Waals surface area contributed by atoms with E-state index < -0.39 is 0 Å². The van der Waals surface area contributed by atoms with Gasteiger partial charge in [-0.1, -0.05) is 18.3 Å². The Balaban J connectivity index is 2.12. The van der Waals surface area contributed by atoms with Crippen LogP contribution in [0.4, 0.5) is 5.13 Å². The number of methoxy groups -OCH3 is 1. The van der Waals surface area contributed by atoms with E-state index in [-0.39, 0.29) is 0 Å². The molecule has 0 saturated carbocycles. The normalized spacial score (nSPS) is 10.9. The van der Waals surface area contributed by atoms with Gasteiger partial charge in [-0.05, 0) is 13.3 Å². The maximum atomic E-state index is 5.08. The number of rotatable bonds is 7. The third-order valence-electron chi connectivity index (χ3n) is 2.51. The van der Waals surface area contributed by atoms with E-state index in [9.17, 15) is 0 Å². The molecule has 2 aromatic heterocycles. The molecule has 19 heavy (non-hydrogen) atoms. The summed E-state index contributed by atoms with van der Waals surface area (Å²) in [5, 5.41) is 14.6. The second-order valence-electron chi connectivity index (χ2n) is 4.10. The summed E-state index contributed by atoms with van der Waals surface area (Å²) in [6.07, 6.45) is 1.93. The Morgan fingerprint density at radius 1 is 1.26 bits per heavy atom. The zero-order chi connectivity index (χ0) is 13.7. The van der Waals surface area contributed by atoms with Crippen molar-refractivity contribution in [2.24, 2.45) is 0 Å².